The topological polar surface area (TPSA) is 52.6 Å². The van der Waals surface area contributed by atoms with E-state index in [1.807, 2.05) is 0 Å². The van der Waals surface area contributed by atoms with E-state index < -0.39 is 11.9 Å². The molecule has 3 unspecified atom stereocenters. The standard InChI is InChI=1S/C7H10O4/c1-5-6(3-8)11-7(2,4-9)10-5/h3-6H,1-2H3. The van der Waals surface area contributed by atoms with E-state index in [4.69, 9.17) is 9.47 Å². The first-order chi connectivity index (χ1) is 5.11. The average molecular weight is 158 g/mol. The number of hydrogen-bond acceptors (Lipinski definition) is 4. The lowest BCUT2D eigenvalue weighted by Gasteiger charge is -2.13. The molecule has 1 fully saturated rings. The molecule has 0 aromatic rings. The van der Waals surface area contributed by atoms with Crippen LogP contribution in [0, 0.1) is 0 Å². The maximum Gasteiger partial charge on any atom is 0.223 e. The minimum atomic E-state index is -1.23. The van der Waals surface area contributed by atoms with Gasteiger partial charge in [-0.3, -0.25) is 4.79 Å². The number of aldehydes is 2. The molecule has 1 heterocycles. The highest BCUT2D eigenvalue weighted by Crippen LogP contribution is 2.25. The monoisotopic (exact) mass is 158 g/mol. The molecular weight excluding hydrogens is 148 g/mol. The van der Waals surface area contributed by atoms with Gasteiger partial charge in [0.1, 0.15) is 6.10 Å². The molecule has 3 atom stereocenters. The molecule has 1 saturated heterocycles. The lowest BCUT2D eigenvalue weighted by molar-refractivity contribution is -0.168. The second-order valence-electron chi connectivity index (χ2n) is 2.68. The zero-order valence-electron chi connectivity index (χ0n) is 6.44. The van der Waals surface area contributed by atoms with Gasteiger partial charge in [0.2, 0.25) is 5.79 Å². The van der Waals surface area contributed by atoms with E-state index >= 15 is 0 Å². The van der Waals surface area contributed by atoms with E-state index in [1.54, 1.807) is 6.92 Å². The zero-order valence-corrected chi connectivity index (χ0v) is 6.44. The molecule has 4 heteroatoms. The van der Waals surface area contributed by atoms with Crippen molar-refractivity contribution < 1.29 is 19.1 Å². The second kappa shape index (κ2) is 2.71. The highest BCUT2D eigenvalue weighted by Gasteiger charge is 2.41. The molecule has 1 aliphatic heterocycles. The minimum Gasteiger partial charge on any atom is -0.338 e. The van der Waals surface area contributed by atoms with Gasteiger partial charge in [0.25, 0.3) is 0 Å². The number of carbonyl (C=O) groups excluding carboxylic acids is 2. The summed E-state index contributed by atoms with van der Waals surface area (Å²) < 4.78 is 10.1. The molecule has 4 nitrogen and oxygen atoms in total. The van der Waals surface area contributed by atoms with Gasteiger partial charge in [0.05, 0.1) is 6.10 Å². The first-order valence-electron chi connectivity index (χ1n) is 3.38. The fraction of sp³-hybridized carbons (Fsp3) is 0.714. The Kier molecular flexibility index (Phi) is 2.06. The van der Waals surface area contributed by atoms with Crippen LogP contribution in [0.25, 0.3) is 0 Å². The van der Waals surface area contributed by atoms with Crippen LogP contribution in [0.1, 0.15) is 13.8 Å². The predicted molar refractivity (Wildman–Crippen MR) is 36.0 cm³/mol. The van der Waals surface area contributed by atoms with Gasteiger partial charge in [-0.05, 0) is 13.8 Å². The summed E-state index contributed by atoms with van der Waals surface area (Å²) in [6.07, 6.45) is 0.222. The van der Waals surface area contributed by atoms with E-state index in [0.717, 1.165) is 0 Å². The van der Waals surface area contributed by atoms with Gasteiger partial charge in [-0.25, -0.2) is 0 Å². The Balaban J connectivity index is 2.69. The number of ether oxygens (including phenoxy) is 2. The van der Waals surface area contributed by atoms with Crippen molar-refractivity contribution in [2.75, 3.05) is 0 Å². The van der Waals surface area contributed by atoms with E-state index in [2.05, 4.69) is 0 Å². The van der Waals surface area contributed by atoms with Gasteiger partial charge in [0, 0.05) is 0 Å². The summed E-state index contributed by atoms with van der Waals surface area (Å²) in [5, 5.41) is 0. The van der Waals surface area contributed by atoms with E-state index in [0.29, 0.717) is 12.6 Å². The molecule has 0 bridgehead atoms. The predicted octanol–water partition coefficient (Wildman–Crippen LogP) is -0.0957. The van der Waals surface area contributed by atoms with Crippen molar-refractivity contribution in [3.05, 3.63) is 0 Å². The quantitative estimate of drug-likeness (QED) is 0.527. The van der Waals surface area contributed by atoms with Gasteiger partial charge >= 0.3 is 0 Å². The molecule has 0 radical (unpaired) electrons. The van der Waals surface area contributed by atoms with Crippen molar-refractivity contribution in [2.24, 2.45) is 0 Å². The molecule has 0 spiro atoms. The van der Waals surface area contributed by atoms with Gasteiger partial charge in [0.15, 0.2) is 12.6 Å². The third-order valence-electron chi connectivity index (χ3n) is 1.60. The first kappa shape index (κ1) is 8.36. The Hall–Kier alpha value is -0.740. The van der Waals surface area contributed by atoms with Crippen molar-refractivity contribution in [3.63, 3.8) is 0 Å². The molecule has 62 valence electrons. The molecule has 0 aliphatic carbocycles. The van der Waals surface area contributed by atoms with Gasteiger partial charge in [-0.2, -0.15) is 0 Å². The molecule has 0 aromatic carbocycles. The third-order valence-corrected chi connectivity index (χ3v) is 1.60. The second-order valence-corrected chi connectivity index (χ2v) is 2.68. The number of carbonyl (C=O) groups is 2. The van der Waals surface area contributed by atoms with Crippen molar-refractivity contribution in [1.82, 2.24) is 0 Å². The SMILES string of the molecule is CC1OC(C)(C=O)OC1C=O. The summed E-state index contributed by atoms with van der Waals surface area (Å²) in [6, 6.07) is 0. The molecule has 0 saturated carbocycles. The lowest BCUT2D eigenvalue weighted by Crippen LogP contribution is -2.28. The molecule has 0 aromatic heterocycles. The third kappa shape index (κ3) is 1.46. The van der Waals surface area contributed by atoms with Crippen LogP contribution < -0.4 is 0 Å². The van der Waals surface area contributed by atoms with Crippen LogP contribution >= 0.6 is 0 Å². The maximum atomic E-state index is 10.4. The van der Waals surface area contributed by atoms with Crippen molar-refractivity contribution >= 4 is 12.6 Å². The van der Waals surface area contributed by atoms with Crippen LogP contribution in [-0.2, 0) is 19.1 Å². The lowest BCUT2D eigenvalue weighted by atomic mass is 10.3. The maximum absolute atomic E-state index is 10.4. The van der Waals surface area contributed by atoms with Crippen molar-refractivity contribution in [1.29, 1.82) is 0 Å². The minimum absolute atomic E-state index is 0.345. The first-order valence-corrected chi connectivity index (χ1v) is 3.38. The smallest absolute Gasteiger partial charge is 0.223 e. The van der Waals surface area contributed by atoms with Crippen molar-refractivity contribution in [2.45, 2.75) is 31.8 Å². The normalized spacial score (nSPS) is 43.8. The zero-order chi connectivity index (χ0) is 8.48. The van der Waals surface area contributed by atoms with Crippen molar-refractivity contribution in [3.8, 4) is 0 Å². The van der Waals surface area contributed by atoms with Gasteiger partial charge < -0.3 is 14.3 Å². The van der Waals surface area contributed by atoms with E-state index in [1.165, 1.54) is 6.92 Å². The highest BCUT2D eigenvalue weighted by molar-refractivity contribution is 5.64. The van der Waals surface area contributed by atoms with Crippen LogP contribution in [0.15, 0.2) is 0 Å². The summed E-state index contributed by atoms with van der Waals surface area (Å²) in [4.78, 5) is 20.7. The van der Waals surface area contributed by atoms with Crippen LogP contribution in [0.5, 0.6) is 0 Å². The Labute approximate surface area is 64.5 Å². The summed E-state index contributed by atoms with van der Waals surface area (Å²) in [5.74, 6) is -1.23. The van der Waals surface area contributed by atoms with E-state index in [9.17, 15) is 9.59 Å². The van der Waals surface area contributed by atoms with Crippen LogP contribution in [0.3, 0.4) is 0 Å². The summed E-state index contributed by atoms with van der Waals surface area (Å²) in [6.45, 7) is 3.17. The summed E-state index contributed by atoms with van der Waals surface area (Å²) in [5.41, 5.74) is 0. The molecule has 11 heavy (non-hydrogen) atoms. The Morgan fingerprint density at radius 1 is 1.36 bits per heavy atom. The van der Waals surface area contributed by atoms with Crippen LogP contribution in [0.2, 0.25) is 0 Å². The summed E-state index contributed by atoms with van der Waals surface area (Å²) in [7, 11) is 0. The molecular formula is C7H10O4. The van der Waals surface area contributed by atoms with Gasteiger partial charge in [-0.15, -0.1) is 0 Å². The van der Waals surface area contributed by atoms with Crippen LogP contribution in [0.4, 0.5) is 0 Å². The number of rotatable bonds is 2. The molecule has 0 N–H and O–H groups in total. The van der Waals surface area contributed by atoms with E-state index in [-0.39, 0.29) is 6.10 Å². The Bertz CT molecular complexity index is 179. The van der Waals surface area contributed by atoms with Crippen LogP contribution in [-0.4, -0.2) is 30.6 Å². The fourth-order valence-corrected chi connectivity index (χ4v) is 1.02. The number of hydrogen-bond donors (Lipinski definition) is 0. The summed E-state index contributed by atoms with van der Waals surface area (Å²) >= 11 is 0. The molecule has 1 rings (SSSR count). The Morgan fingerprint density at radius 3 is 2.27 bits per heavy atom. The largest absolute Gasteiger partial charge is 0.338 e. The molecule has 0 amide bonds. The Morgan fingerprint density at radius 2 is 2.00 bits per heavy atom. The van der Waals surface area contributed by atoms with Gasteiger partial charge in [-0.1, -0.05) is 0 Å². The highest BCUT2D eigenvalue weighted by atomic mass is 16.8. The average Bonchev–Trinajstić information content (AvgIpc) is 2.27. The fourth-order valence-electron chi connectivity index (χ4n) is 1.02. The molecule has 1 aliphatic rings.